The standard InChI is InChI=1S/C19H20N8O2/c20-17(29)14-11-21-19(25-15-6-1-2-7-16(15)28)26-18(14)24-12-4-3-5-13(10-12)27-22-8-9-23-27/h3-5,8-11,15H,1-2,6-7H2,(H2,20,29)(H2,21,24,25,26)/t15-/m1/s1. The van der Waals surface area contributed by atoms with Gasteiger partial charge in [-0.1, -0.05) is 12.5 Å². The lowest BCUT2D eigenvalue weighted by Gasteiger charge is -2.22. The van der Waals surface area contributed by atoms with Crippen molar-refractivity contribution in [2.24, 2.45) is 5.73 Å². The molecule has 148 valence electrons. The lowest BCUT2D eigenvalue weighted by molar-refractivity contribution is -0.121. The van der Waals surface area contributed by atoms with Gasteiger partial charge >= 0.3 is 0 Å². The lowest BCUT2D eigenvalue weighted by atomic mass is 9.94. The molecule has 10 nitrogen and oxygen atoms in total. The van der Waals surface area contributed by atoms with Crippen LogP contribution in [0.5, 0.6) is 0 Å². The molecular weight excluding hydrogens is 372 g/mol. The van der Waals surface area contributed by atoms with E-state index < -0.39 is 5.91 Å². The second kappa shape index (κ2) is 8.05. The van der Waals surface area contributed by atoms with Crippen LogP contribution in [-0.2, 0) is 4.79 Å². The van der Waals surface area contributed by atoms with Gasteiger partial charge in [-0.3, -0.25) is 9.59 Å². The number of hydrogen-bond donors (Lipinski definition) is 3. The Morgan fingerprint density at radius 3 is 2.79 bits per heavy atom. The number of aromatic nitrogens is 5. The van der Waals surface area contributed by atoms with Crippen LogP contribution in [0.15, 0.2) is 42.9 Å². The zero-order valence-corrected chi connectivity index (χ0v) is 15.6. The number of hydrogen-bond acceptors (Lipinski definition) is 8. The van der Waals surface area contributed by atoms with E-state index in [-0.39, 0.29) is 29.2 Å². The number of Topliss-reactive ketones (excluding diaryl/α,β-unsaturated/α-hetero) is 1. The Hall–Kier alpha value is -3.82. The normalized spacial score (nSPS) is 16.4. The summed E-state index contributed by atoms with van der Waals surface area (Å²) in [5, 5.41) is 14.4. The number of nitrogens with zero attached hydrogens (tertiary/aromatic N) is 5. The molecular formula is C19H20N8O2. The van der Waals surface area contributed by atoms with E-state index in [1.165, 1.54) is 11.0 Å². The average molecular weight is 392 g/mol. The summed E-state index contributed by atoms with van der Waals surface area (Å²) < 4.78 is 0. The number of anilines is 3. The maximum atomic E-state index is 12.1. The topological polar surface area (TPSA) is 141 Å². The molecule has 1 saturated carbocycles. The minimum absolute atomic E-state index is 0.146. The van der Waals surface area contributed by atoms with E-state index in [1.54, 1.807) is 12.4 Å². The highest BCUT2D eigenvalue weighted by Gasteiger charge is 2.23. The smallest absolute Gasteiger partial charge is 0.254 e. The molecule has 0 aliphatic heterocycles. The van der Waals surface area contributed by atoms with Crippen LogP contribution in [-0.4, -0.2) is 42.7 Å². The molecule has 1 fully saturated rings. The molecule has 1 atom stereocenters. The van der Waals surface area contributed by atoms with Crippen LogP contribution in [0.4, 0.5) is 17.5 Å². The summed E-state index contributed by atoms with van der Waals surface area (Å²) in [6.45, 7) is 0. The van der Waals surface area contributed by atoms with E-state index in [0.29, 0.717) is 12.1 Å². The quantitative estimate of drug-likeness (QED) is 0.577. The van der Waals surface area contributed by atoms with Gasteiger partial charge in [0.05, 0.1) is 24.1 Å². The molecule has 3 aromatic rings. The van der Waals surface area contributed by atoms with Crippen LogP contribution in [0.25, 0.3) is 5.69 Å². The predicted octanol–water partition coefficient (Wildman–Crippen LogP) is 1.82. The van der Waals surface area contributed by atoms with Crippen LogP contribution in [0.2, 0.25) is 0 Å². The van der Waals surface area contributed by atoms with Crippen molar-refractivity contribution in [2.75, 3.05) is 10.6 Å². The highest BCUT2D eigenvalue weighted by molar-refractivity contribution is 5.98. The molecule has 0 unspecified atom stereocenters. The minimum Gasteiger partial charge on any atom is -0.365 e. The van der Waals surface area contributed by atoms with Gasteiger partial charge < -0.3 is 16.4 Å². The third kappa shape index (κ3) is 4.21. The van der Waals surface area contributed by atoms with Crippen LogP contribution in [0.3, 0.4) is 0 Å². The molecule has 1 aliphatic rings. The number of carbonyl (C=O) groups excluding carboxylic acids is 2. The zero-order chi connectivity index (χ0) is 20.2. The van der Waals surface area contributed by atoms with Gasteiger partial charge in [0.2, 0.25) is 5.95 Å². The minimum atomic E-state index is -0.655. The maximum Gasteiger partial charge on any atom is 0.254 e. The fourth-order valence-corrected chi connectivity index (χ4v) is 3.21. The highest BCUT2D eigenvalue weighted by atomic mass is 16.1. The fraction of sp³-hybridized carbons (Fsp3) is 0.263. The van der Waals surface area contributed by atoms with Crippen LogP contribution < -0.4 is 16.4 Å². The fourth-order valence-electron chi connectivity index (χ4n) is 3.21. The van der Waals surface area contributed by atoms with Crippen LogP contribution in [0, 0.1) is 0 Å². The van der Waals surface area contributed by atoms with Crippen molar-refractivity contribution in [3.8, 4) is 5.69 Å². The van der Waals surface area contributed by atoms with Crippen molar-refractivity contribution in [1.82, 2.24) is 25.0 Å². The van der Waals surface area contributed by atoms with Crippen molar-refractivity contribution >= 4 is 29.1 Å². The van der Waals surface area contributed by atoms with Gasteiger partial charge in [-0.25, -0.2) is 4.98 Å². The molecule has 0 bridgehead atoms. The summed E-state index contributed by atoms with van der Waals surface area (Å²) >= 11 is 0. The molecule has 2 aromatic heterocycles. The lowest BCUT2D eigenvalue weighted by Crippen LogP contribution is -2.33. The van der Waals surface area contributed by atoms with Crippen molar-refractivity contribution < 1.29 is 9.59 Å². The number of amides is 1. The van der Waals surface area contributed by atoms with E-state index in [2.05, 4.69) is 30.8 Å². The molecule has 0 radical (unpaired) electrons. The second-order valence-electron chi connectivity index (χ2n) is 6.72. The van der Waals surface area contributed by atoms with Gasteiger partial charge in [-0.15, -0.1) is 0 Å². The van der Waals surface area contributed by atoms with Crippen molar-refractivity contribution in [1.29, 1.82) is 0 Å². The van der Waals surface area contributed by atoms with E-state index in [9.17, 15) is 9.59 Å². The number of primary amides is 1. The largest absolute Gasteiger partial charge is 0.365 e. The summed E-state index contributed by atoms with van der Waals surface area (Å²) in [7, 11) is 0. The number of rotatable bonds is 6. The molecule has 4 rings (SSSR count). The monoisotopic (exact) mass is 392 g/mol. The van der Waals surface area contributed by atoms with Gasteiger partial charge in [0.25, 0.3) is 5.91 Å². The van der Waals surface area contributed by atoms with E-state index in [0.717, 1.165) is 24.9 Å². The number of carbonyl (C=O) groups is 2. The van der Waals surface area contributed by atoms with E-state index in [1.807, 2.05) is 24.3 Å². The summed E-state index contributed by atoms with van der Waals surface area (Å²) in [5.74, 6) is 0.0110. The molecule has 1 amide bonds. The SMILES string of the molecule is NC(=O)c1cnc(N[C@@H]2CCCCC2=O)nc1Nc1cccc(-n2nccn2)c1. The Morgan fingerprint density at radius 2 is 2.03 bits per heavy atom. The first-order valence-corrected chi connectivity index (χ1v) is 9.30. The van der Waals surface area contributed by atoms with E-state index >= 15 is 0 Å². The number of nitrogens with one attached hydrogen (secondary N) is 2. The second-order valence-corrected chi connectivity index (χ2v) is 6.72. The number of nitrogens with two attached hydrogens (primary N) is 1. The van der Waals surface area contributed by atoms with Crippen molar-refractivity contribution in [2.45, 2.75) is 31.7 Å². The Morgan fingerprint density at radius 1 is 1.21 bits per heavy atom. The molecule has 1 aromatic carbocycles. The maximum absolute atomic E-state index is 12.1. The molecule has 10 heteroatoms. The Balaban J connectivity index is 1.60. The van der Waals surface area contributed by atoms with Gasteiger partial charge in [0.15, 0.2) is 5.78 Å². The van der Waals surface area contributed by atoms with Crippen LogP contribution >= 0.6 is 0 Å². The van der Waals surface area contributed by atoms with E-state index in [4.69, 9.17) is 5.73 Å². The number of benzene rings is 1. The van der Waals surface area contributed by atoms with Gasteiger partial charge in [0.1, 0.15) is 11.4 Å². The molecule has 0 saturated heterocycles. The Bertz CT molecular complexity index is 1030. The highest BCUT2D eigenvalue weighted by Crippen LogP contribution is 2.23. The van der Waals surface area contributed by atoms with Crippen molar-refractivity contribution in [3.63, 3.8) is 0 Å². The zero-order valence-electron chi connectivity index (χ0n) is 15.6. The summed E-state index contributed by atoms with van der Waals surface area (Å²) in [6, 6.07) is 6.99. The van der Waals surface area contributed by atoms with Gasteiger partial charge in [-0.2, -0.15) is 20.0 Å². The molecule has 29 heavy (non-hydrogen) atoms. The molecule has 2 heterocycles. The van der Waals surface area contributed by atoms with Gasteiger partial charge in [0, 0.05) is 18.3 Å². The Labute approximate surface area is 166 Å². The third-order valence-electron chi connectivity index (χ3n) is 4.67. The summed E-state index contributed by atoms with van der Waals surface area (Å²) in [5.41, 5.74) is 7.02. The van der Waals surface area contributed by atoms with Crippen LogP contribution in [0.1, 0.15) is 36.0 Å². The predicted molar refractivity (Wildman–Crippen MR) is 106 cm³/mol. The van der Waals surface area contributed by atoms with Gasteiger partial charge in [-0.05, 0) is 31.0 Å². The molecule has 1 aliphatic carbocycles. The summed E-state index contributed by atoms with van der Waals surface area (Å²) in [6.07, 6.45) is 7.69. The Kier molecular flexibility index (Phi) is 5.14. The number of ketones is 1. The first kappa shape index (κ1) is 18.5. The first-order chi connectivity index (χ1) is 14.1. The summed E-state index contributed by atoms with van der Waals surface area (Å²) in [4.78, 5) is 33.9. The van der Waals surface area contributed by atoms with Crippen molar-refractivity contribution in [3.05, 3.63) is 48.4 Å². The first-order valence-electron chi connectivity index (χ1n) is 9.30. The molecule has 4 N–H and O–H groups in total. The third-order valence-corrected chi connectivity index (χ3v) is 4.67. The molecule has 0 spiro atoms. The average Bonchev–Trinajstić information content (AvgIpc) is 3.25.